The Kier molecular flexibility index (Phi) is 5.45. The molecule has 0 fully saturated rings. The number of amidine groups is 1. The summed E-state index contributed by atoms with van der Waals surface area (Å²) < 4.78 is 5.13. The number of halogens is 1. The van der Waals surface area contributed by atoms with E-state index in [1.54, 1.807) is 7.11 Å². The van der Waals surface area contributed by atoms with Crippen molar-refractivity contribution < 1.29 is 4.74 Å². The maximum Gasteiger partial charge on any atom is 0.102 e. The Bertz CT molecular complexity index is 367. The zero-order chi connectivity index (χ0) is 11.4. The number of hydrogen-bond donors (Lipinski definition) is 1. The van der Waals surface area contributed by atoms with E-state index in [2.05, 4.69) is 17.1 Å². The van der Waals surface area contributed by atoms with Crippen LogP contribution in [0.15, 0.2) is 35.3 Å². The number of nitrogens with zero attached hydrogens (tertiary/aromatic N) is 1. The summed E-state index contributed by atoms with van der Waals surface area (Å²) in [7, 11) is 1.73. The maximum absolute atomic E-state index is 5.98. The van der Waals surface area contributed by atoms with Crippen LogP contribution in [-0.4, -0.2) is 26.1 Å². The molecule has 1 heterocycles. The van der Waals surface area contributed by atoms with Gasteiger partial charge in [-0.25, -0.2) is 0 Å². The van der Waals surface area contributed by atoms with Crippen LogP contribution in [0.3, 0.4) is 0 Å². The van der Waals surface area contributed by atoms with Crippen LogP contribution in [0.4, 0.5) is 0 Å². The Balaban J connectivity index is 0.00000144. The maximum atomic E-state index is 5.98. The van der Waals surface area contributed by atoms with Gasteiger partial charge in [-0.05, 0) is 17.9 Å². The summed E-state index contributed by atoms with van der Waals surface area (Å²) in [6.07, 6.45) is 1.01. The fraction of sp³-hybridized carbons (Fsp3) is 0.462. The third kappa shape index (κ3) is 3.20. The highest BCUT2D eigenvalue weighted by molar-refractivity contribution is 5.89. The first-order valence-electron chi connectivity index (χ1n) is 5.66. The summed E-state index contributed by atoms with van der Waals surface area (Å²) in [6.45, 7) is 1.60. The van der Waals surface area contributed by atoms with Crippen molar-refractivity contribution in [3.05, 3.63) is 35.9 Å². The Hall–Kier alpha value is -1.06. The highest BCUT2D eigenvalue weighted by Gasteiger charge is 2.30. The Morgan fingerprint density at radius 1 is 1.35 bits per heavy atom. The molecule has 0 aliphatic carbocycles. The Labute approximate surface area is 108 Å². The molecule has 1 aliphatic rings. The molecule has 0 aromatic heterocycles. The molecule has 0 radical (unpaired) electrons. The van der Waals surface area contributed by atoms with Crippen molar-refractivity contribution in [1.29, 1.82) is 0 Å². The lowest BCUT2D eigenvalue weighted by molar-refractivity contribution is 0.178. The SMILES string of the molecule is COCC[C@H]1CN=C(N)[C@@H]1c1ccccc1.Cl. The van der Waals surface area contributed by atoms with E-state index in [-0.39, 0.29) is 18.3 Å². The Morgan fingerprint density at radius 2 is 2.06 bits per heavy atom. The highest BCUT2D eigenvalue weighted by atomic mass is 35.5. The molecule has 17 heavy (non-hydrogen) atoms. The van der Waals surface area contributed by atoms with E-state index in [9.17, 15) is 0 Å². The van der Waals surface area contributed by atoms with Crippen LogP contribution >= 0.6 is 12.4 Å². The van der Waals surface area contributed by atoms with Crippen LogP contribution in [0.2, 0.25) is 0 Å². The van der Waals surface area contributed by atoms with Crippen molar-refractivity contribution in [2.45, 2.75) is 12.3 Å². The second-order valence-electron chi connectivity index (χ2n) is 4.20. The van der Waals surface area contributed by atoms with Crippen molar-refractivity contribution in [2.24, 2.45) is 16.6 Å². The van der Waals surface area contributed by atoms with E-state index >= 15 is 0 Å². The van der Waals surface area contributed by atoms with Crippen LogP contribution in [-0.2, 0) is 4.74 Å². The van der Waals surface area contributed by atoms with Gasteiger partial charge in [-0.15, -0.1) is 12.4 Å². The highest BCUT2D eigenvalue weighted by Crippen LogP contribution is 2.32. The van der Waals surface area contributed by atoms with Crippen molar-refractivity contribution in [2.75, 3.05) is 20.3 Å². The van der Waals surface area contributed by atoms with Gasteiger partial charge in [0.15, 0.2) is 0 Å². The second kappa shape index (κ2) is 6.62. The summed E-state index contributed by atoms with van der Waals surface area (Å²) in [5.74, 6) is 1.53. The molecule has 0 unspecified atom stereocenters. The smallest absolute Gasteiger partial charge is 0.102 e. The van der Waals surface area contributed by atoms with E-state index in [1.165, 1.54) is 5.56 Å². The fourth-order valence-electron chi connectivity index (χ4n) is 2.30. The number of hydrogen-bond acceptors (Lipinski definition) is 3. The summed E-state index contributed by atoms with van der Waals surface area (Å²) in [4.78, 5) is 4.37. The predicted octanol–water partition coefficient (Wildman–Crippen LogP) is 2.22. The lowest BCUT2D eigenvalue weighted by atomic mass is 9.85. The standard InChI is InChI=1S/C13H18N2O.ClH/c1-16-8-7-11-9-15-13(14)12(11)10-5-3-2-4-6-10;/h2-6,11-12H,7-9H2,1H3,(H2,14,15);1H/t11-,12+;/m0./s1. The van der Waals surface area contributed by atoms with Crippen LogP contribution < -0.4 is 5.73 Å². The molecule has 0 bridgehead atoms. The van der Waals surface area contributed by atoms with Gasteiger partial charge < -0.3 is 10.5 Å². The first-order chi connectivity index (χ1) is 7.83. The molecule has 94 valence electrons. The molecule has 2 rings (SSSR count). The molecular weight excluding hydrogens is 236 g/mol. The van der Waals surface area contributed by atoms with E-state index in [0.29, 0.717) is 5.92 Å². The average molecular weight is 255 g/mol. The molecule has 2 N–H and O–H groups in total. The fourth-order valence-corrected chi connectivity index (χ4v) is 2.30. The minimum atomic E-state index is 0. The van der Waals surface area contributed by atoms with Crippen molar-refractivity contribution in [3.8, 4) is 0 Å². The number of ether oxygens (including phenoxy) is 1. The van der Waals surface area contributed by atoms with Crippen LogP contribution in [0, 0.1) is 5.92 Å². The lowest BCUT2D eigenvalue weighted by Crippen LogP contribution is -2.24. The van der Waals surface area contributed by atoms with Gasteiger partial charge in [0.05, 0.1) is 0 Å². The molecule has 2 atom stereocenters. The first kappa shape index (κ1) is 14.0. The topological polar surface area (TPSA) is 47.6 Å². The summed E-state index contributed by atoms with van der Waals surface area (Å²) in [5, 5.41) is 0. The van der Waals surface area contributed by atoms with Gasteiger partial charge in [-0.1, -0.05) is 30.3 Å². The van der Waals surface area contributed by atoms with Crippen LogP contribution in [0.5, 0.6) is 0 Å². The van der Waals surface area contributed by atoms with Gasteiger partial charge in [-0.2, -0.15) is 0 Å². The normalized spacial score (nSPS) is 23.0. The molecular formula is C13H19ClN2O. The van der Waals surface area contributed by atoms with E-state index in [4.69, 9.17) is 10.5 Å². The molecule has 0 saturated heterocycles. The monoisotopic (exact) mass is 254 g/mol. The Morgan fingerprint density at radius 3 is 2.71 bits per heavy atom. The van der Waals surface area contributed by atoms with E-state index < -0.39 is 0 Å². The summed E-state index contributed by atoms with van der Waals surface area (Å²) >= 11 is 0. The molecule has 1 aromatic rings. The minimum absolute atomic E-state index is 0. The second-order valence-corrected chi connectivity index (χ2v) is 4.20. The van der Waals surface area contributed by atoms with Crippen molar-refractivity contribution in [1.82, 2.24) is 0 Å². The third-order valence-electron chi connectivity index (χ3n) is 3.15. The van der Waals surface area contributed by atoms with Crippen molar-refractivity contribution in [3.63, 3.8) is 0 Å². The number of nitrogens with two attached hydrogens (primary N) is 1. The minimum Gasteiger partial charge on any atom is -0.387 e. The molecule has 0 amide bonds. The van der Waals surface area contributed by atoms with E-state index in [1.807, 2.05) is 18.2 Å². The quantitative estimate of drug-likeness (QED) is 0.896. The largest absolute Gasteiger partial charge is 0.387 e. The zero-order valence-corrected chi connectivity index (χ0v) is 10.8. The summed E-state index contributed by atoms with van der Waals surface area (Å²) in [5.41, 5.74) is 7.25. The average Bonchev–Trinajstić information content (AvgIpc) is 2.69. The first-order valence-corrected chi connectivity index (χ1v) is 5.66. The van der Waals surface area contributed by atoms with Gasteiger partial charge in [0, 0.05) is 26.2 Å². The molecule has 3 nitrogen and oxygen atoms in total. The molecule has 0 spiro atoms. The van der Waals surface area contributed by atoms with E-state index in [0.717, 1.165) is 25.4 Å². The zero-order valence-electron chi connectivity index (χ0n) is 10.0. The molecule has 1 aliphatic heterocycles. The van der Waals surface area contributed by atoms with Gasteiger partial charge in [0.2, 0.25) is 0 Å². The number of methoxy groups -OCH3 is 1. The molecule has 1 aromatic carbocycles. The van der Waals surface area contributed by atoms with Crippen molar-refractivity contribution >= 4 is 18.2 Å². The number of benzene rings is 1. The number of aliphatic imine (C=N–C) groups is 1. The van der Waals surface area contributed by atoms with Crippen LogP contribution in [0.25, 0.3) is 0 Å². The molecule has 4 heteroatoms. The predicted molar refractivity (Wildman–Crippen MR) is 72.9 cm³/mol. The van der Waals surface area contributed by atoms with Gasteiger partial charge >= 0.3 is 0 Å². The van der Waals surface area contributed by atoms with Gasteiger partial charge in [0.1, 0.15) is 5.84 Å². The molecule has 0 saturated carbocycles. The van der Waals surface area contributed by atoms with Gasteiger partial charge in [-0.3, -0.25) is 4.99 Å². The lowest BCUT2D eigenvalue weighted by Gasteiger charge is -2.19. The summed E-state index contributed by atoms with van der Waals surface area (Å²) in [6, 6.07) is 10.4. The van der Waals surface area contributed by atoms with Crippen LogP contribution in [0.1, 0.15) is 17.9 Å². The van der Waals surface area contributed by atoms with Gasteiger partial charge in [0.25, 0.3) is 0 Å². The third-order valence-corrected chi connectivity index (χ3v) is 3.15. The number of rotatable bonds is 4.